The smallest absolute Gasteiger partial charge is 0.0578 e. The van der Waals surface area contributed by atoms with Crippen molar-refractivity contribution in [2.24, 2.45) is 5.16 Å². The number of rotatable bonds is 1. The van der Waals surface area contributed by atoms with Crippen molar-refractivity contribution in [1.29, 1.82) is 0 Å². The summed E-state index contributed by atoms with van der Waals surface area (Å²) in [6.45, 7) is 0. The molecule has 3 nitrogen and oxygen atoms in total. The summed E-state index contributed by atoms with van der Waals surface area (Å²) >= 11 is 0. The lowest BCUT2D eigenvalue weighted by molar-refractivity contribution is 0.0856. The van der Waals surface area contributed by atoms with Crippen LogP contribution < -0.4 is 0 Å². The molecular weight excluding hydrogens is 130 g/mol. The van der Waals surface area contributed by atoms with E-state index < -0.39 is 0 Å². The summed E-state index contributed by atoms with van der Waals surface area (Å²) in [6, 6.07) is 0. The molecule has 0 bridgehead atoms. The first kappa shape index (κ1) is 7.54. The van der Waals surface area contributed by atoms with Crippen LogP contribution in [0.4, 0.5) is 0 Å². The zero-order chi connectivity index (χ0) is 7.40. The number of methoxy groups -OCH3 is 1. The van der Waals surface area contributed by atoms with Crippen molar-refractivity contribution in [3.05, 3.63) is 0 Å². The minimum absolute atomic E-state index is 0.380. The van der Waals surface area contributed by atoms with Crippen LogP contribution in [0.15, 0.2) is 5.16 Å². The second-order valence-corrected chi connectivity index (χ2v) is 2.60. The van der Waals surface area contributed by atoms with Crippen LogP contribution in [0.1, 0.15) is 25.7 Å². The monoisotopic (exact) mass is 143 g/mol. The van der Waals surface area contributed by atoms with Gasteiger partial charge >= 0.3 is 0 Å². The van der Waals surface area contributed by atoms with Gasteiger partial charge in [-0.15, -0.1) is 0 Å². The van der Waals surface area contributed by atoms with E-state index in [1.165, 1.54) is 0 Å². The van der Waals surface area contributed by atoms with Gasteiger partial charge in [0.15, 0.2) is 0 Å². The van der Waals surface area contributed by atoms with Crippen molar-refractivity contribution in [2.45, 2.75) is 31.8 Å². The molecule has 1 N–H and O–H groups in total. The summed E-state index contributed by atoms with van der Waals surface area (Å²) in [7, 11) is 1.73. The molecule has 1 saturated carbocycles. The average Bonchev–Trinajstić information content (AvgIpc) is 2.05. The van der Waals surface area contributed by atoms with Crippen LogP contribution in [0.25, 0.3) is 0 Å². The van der Waals surface area contributed by atoms with Gasteiger partial charge in [-0.3, -0.25) is 0 Å². The lowest BCUT2D eigenvalue weighted by atomic mass is 9.96. The quantitative estimate of drug-likeness (QED) is 0.445. The fraction of sp³-hybridized carbons (Fsp3) is 0.857. The van der Waals surface area contributed by atoms with Crippen molar-refractivity contribution in [3.63, 3.8) is 0 Å². The van der Waals surface area contributed by atoms with Gasteiger partial charge in [0.2, 0.25) is 0 Å². The third-order valence-corrected chi connectivity index (χ3v) is 1.98. The first-order valence-electron chi connectivity index (χ1n) is 3.59. The molecular formula is C7H13NO2. The lowest BCUT2D eigenvalue weighted by Crippen LogP contribution is -2.20. The van der Waals surface area contributed by atoms with Gasteiger partial charge < -0.3 is 9.94 Å². The number of ether oxygens (including phenoxy) is 1. The average molecular weight is 143 g/mol. The van der Waals surface area contributed by atoms with Crippen LogP contribution in [-0.4, -0.2) is 24.1 Å². The molecule has 0 atom stereocenters. The number of oxime groups is 1. The molecule has 0 aromatic carbocycles. The van der Waals surface area contributed by atoms with E-state index in [9.17, 15) is 0 Å². The van der Waals surface area contributed by atoms with Gasteiger partial charge in [0.05, 0.1) is 11.8 Å². The first-order chi connectivity index (χ1) is 4.86. The third kappa shape index (κ3) is 1.70. The molecule has 0 radical (unpaired) electrons. The maximum Gasteiger partial charge on any atom is 0.0578 e. The van der Waals surface area contributed by atoms with E-state index in [0.29, 0.717) is 6.10 Å². The van der Waals surface area contributed by atoms with Crippen LogP contribution in [0, 0.1) is 0 Å². The Bertz CT molecular complexity index is 124. The molecule has 0 aromatic heterocycles. The minimum Gasteiger partial charge on any atom is -0.411 e. The van der Waals surface area contributed by atoms with Crippen molar-refractivity contribution in [3.8, 4) is 0 Å². The third-order valence-electron chi connectivity index (χ3n) is 1.98. The van der Waals surface area contributed by atoms with Gasteiger partial charge in [-0.25, -0.2) is 0 Å². The van der Waals surface area contributed by atoms with Gasteiger partial charge in [0.1, 0.15) is 0 Å². The molecule has 1 aliphatic carbocycles. The van der Waals surface area contributed by atoms with Crippen LogP contribution in [0.2, 0.25) is 0 Å². The standard InChI is InChI=1S/C7H13NO2/c1-10-7-4-2-6(8-9)3-5-7/h7,9H,2-5H2,1H3. The Morgan fingerprint density at radius 3 is 2.50 bits per heavy atom. The largest absolute Gasteiger partial charge is 0.411 e. The highest BCUT2D eigenvalue weighted by Crippen LogP contribution is 2.17. The van der Waals surface area contributed by atoms with Crippen molar-refractivity contribution >= 4 is 5.71 Å². The minimum atomic E-state index is 0.380. The molecule has 3 heteroatoms. The summed E-state index contributed by atoms with van der Waals surface area (Å²) in [6.07, 6.45) is 4.14. The predicted octanol–water partition coefficient (Wildman–Crippen LogP) is 1.41. The molecule has 0 spiro atoms. The van der Waals surface area contributed by atoms with Crippen LogP contribution in [0.5, 0.6) is 0 Å². The zero-order valence-corrected chi connectivity index (χ0v) is 6.21. The van der Waals surface area contributed by atoms with Crippen LogP contribution in [0.3, 0.4) is 0 Å². The fourth-order valence-electron chi connectivity index (χ4n) is 1.26. The topological polar surface area (TPSA) is 41.8 Å². The molecule has 1 fully saturated rings. The lowest BCUT2D eigenvalue weighted by Gasteiger charge is -2.20. The summed E-state index contributed by atoms with van der Waals surface area (Å²) in [4.78, 5) is 0. The molecule has 0 aromatic rings. The molecule has 0 aliphatic heterocycles. The summed E-state index contributed by atoms with van der Waals surface area (Å²) in [5.41, 5.74) is 0.910. The van der Waals surface area contributed by atoms with E-state index in [-0.39, 0.29) is 0 Å². The van der Waals surface area contributed by atoms with Crippen molar-refractivity contribution in [2.75, 3.05) is 7.11 Å². The predicted molar refractivity (Wildman–Crippen MR) is 38.5 cm³/mol. The van der Waals surface area contributed by atoms with Gasteiger partial charge in [-0.1, -0.05) is 5.16 Å². The molecule has 10 heavy (non-hydrogen) atoms. The summed E-state index contributed by atoms with van der Waals surface area (Å²) in [5.74, 6) is 0. The van der Waals surface area contributed by atoms with E-state index in [0.717, 1.165) is 31.4 Å². The Hall–Kier alpha value is -0.570. The molecule has 0 heterocycles. The molecule has 58 valence electrons. The molecule has 1 rings (SSSR count). The first-order valence-corrected chi connectivity index (χ1v) is 3.59. The molecule has 0 saturated heterocycles. The Morgan fingerprint density at radius 1 is 1.50 bits per heavy atom. The second kappa shape index (κ2) is 3.56. The number of nitrogens with zero attached hydrogens (tertiary/aromatic N) is 1. The van der Waals surface area contributed by atoms with Gasteiger partial charge in [0.25, 0.3) is 0 Å². The van der Waals surface area contributed by atoms with Crippen LogP contribution >= 0.6 is 0 Å². The van der Waals surface area contributed by atoms with Gasteiger partial charge in [-0.05, 0) is 25.7 Å². The van der Waals surface area contributed by atoms with Crippen molar-refractivity contribution in [1.82, 2.24) is 0 Å². The highest BCUT2D eigenvalue weighted by molar-refractivity contribution is 5.84. The fourth-order valence-corrected chi connectivity index (χ4v) is 1.26. The van der Waals surface area contributed by atoms with Crippen molar-refractivity contribution < 1.29 is 9.94 Å². The Kier molecular flexibility index (Phi) is 2.68. The van der Waals surface area contributed by atoms with Crippen LogP contribution in [-0.2, 0) is 4.74 Å². The van der Waals surface area contributed by atoms with Gasteiger partial charge in [0, 0.05) is 7.11 Å². The highest BCUT2D eigenvalue weighted by Gasteiger charge is 2.16. The molecule has 1 aliphatic rings. The Morgan fingerprint density at radius 2 is 2.10 bits per heavy atom. The summed E-state index contributed by atoms with van der Waals surface area (Å²) < 4.78 is 5.15. The zero-order valence-electron chi connectivity index (χ0n) is 6.21. The maximum atomic E-state index is 8.40. The van der Waals surface area contributed by atoms with E-state index in [4.69, 9.17) is 9.94 Å². The van der Waals surface area contributed by atoms with E-state index in [1.807, 2.05) is 0 Å². The molecule has 0 amide bonds. The Labute approximate surface area is 60.7 Å². The number of hydrogen-bond acceptors (Lipinski definition) is 3. The normalized spacial score (nSPS) is 26.5. The second-order valence-electron chi connectivity index (χ2n) is 2.60. The maximum absolute atomic E-state index is 8.40. The highest BCUT2D eigenvalue weighted by atomic mass is 16.5. The Balaban J connectivity index is 2.31. The SMILES string of the molecule is COC1CCC(=NO)CC1. The molecule has 0 unspecified atom stereocenters. The van der Waals surface area contributed by atoms with E-state index in [2.05, 4.69) is 5.16 Å². The van der Waals surface area contributed by atoms with Gasteiger partial charge in [-0.2, -0.15) is 0 Å². The summed E-state index contributed by atoms with van der Waals surface area (Å²) in [5, 5.41) is 11.6. The van der Waals surface area contributed by atoms with E-state index in [1.54, 1.807) is 7.11 Å². The number of hydrogen-bond donors (Lipinski definition) is 1. The van der Waals surface area contributed by atoms with E-state index >= 15 is 0 Å².